The molecular weight excluding hydrogens is 334 g/mol. The number of hydrogen-bond acceptors (Lipinski definition) is 0. The fourth-order valence-corrected chi connectivity index (χ4v) is 2.11. The molecule has 0 aliphatic carbocycles. The van der Waals surface area contributed by atoms with Crippen molar-refractivity contribution in [3.05, 3.63) is 49.1 Å². The summed E-state index contributed by atoms with van der Waals surface area (Å²) in [5, 5.41) is 0. The Kier molecular flexibility index (Phi) is 5.46. The first kappa shape index (κ1) is 18.2. The molecule has 0 unspecified atom stereocenters. The Hall–Kier alpha value is -2.12. The van der Waals surface area contributed by atoms with Gasteiger partial charge in [-0.1, -0.05) is 0 Å². The van der Waals surface area contributed by atoms with Crippen LogP contribution in [0.4, 0.5) is 26.3 Å². The smallest absolute Gasteiger partial charge is 0.205 e. The quantitative estimate of drug-likeness (QED) is 0.572. The van der Waals surface area contributed by atoms with Gasteiger partial charge in [-0.25, -0.2) is 9.13 Å². The third-order valence-corrected chi connectivity index (χ3v) is 3.42. The number of hydrogen-bond donors (Lipinski definition) is 0. The molecule has 0 atom stereocenters. The Bertz CT molecular complexity index is 585. The minimum atomic E-state index is -4.20. The predicted octanol–water partition coefficient (Wildman–Crippen LogP) is 3.83. The molecule has 0 saturated heterocycles. The van der Waals surface area contributed by atoms with Crippen molar-refractivity contribution in [2.45, 2.75) is 38.3 Å². The largest absolute Gasteiger partial charge is 0.395 e. The molecule has 0 aliphatic heterocycles. The van der Waals surface area contributed by atoms with E-state index in [-0.39, 0.29) is 13.1 Å². The zero-order valence-corrected chi connectivity index (χ0v) is 12.6. The third kappa shape index (κ3) is 6.17. The van der Waals surface area contributed by atoms with Crippen LogP contribution in [-0.4, -0.2) is 12.4 Å². The Balaban J connectivity index is 1.99. The van der Waals surface area contributed by atoms with Crippen LogP contribution in [-0.2, 0) is 13.1 Å². The number of pyridine rings is 2. The Morgan fingerprint density at radius 1 is 0.583 bits per heavy atom. The first-order valence-corrected chi connectivity index (χ1v) is 7.24. The molecule has 24 heavy (non-hydrogen) atoms. The number of aryl methyl sites for hydroxylation is 2. The maximum atomic E-state index is 12.2. The molecule has 0 spiro atoms. The standard InChI is InChI=1S/C16H16F6N2/c17-15(18,19)5-11-23-7-1-13(2-8-23)14-3-9-24(10-4-14)12-6-16(20,21)22/h1-4,7-10H,5-6,11-12H2/q+2. The average molecular weight is 350 g/mol. The van der Waals surface area contributed by atoms with E-state index in [1.807, 2.05) is 0 Å². The van der Waals surface area contributed by atoms with Gasteiger partial charge in [0.2, 0.25) is 0 Å². The van der Waals surface area contributed by atoms with Gasteiger partial charge in [0.1, 0.15) is 12.8 Å². The molecule has 2 rings (SSSR count). The lowest BCUT2D eigenvalue weighted by molar-refractivity contribution is -0.700. The number of halogens is 6. The molecule has 0 saturated carbocycles. The maximum absolute atomic E-state index is 12.2. The molecule has 0 N–H and O–H groups in total. The molecule has 0 aromatic carbocycles. The van der Waals surface area contributed by atoms with Gasteiger partial charge >= 0.3 is 12.4 Å². The molecule has 0 fully saturated rings. The van der Waals surface area contributed by atoms with Crippen LogP contribution in [0.25, 0.3) is 11.1 Å². The van der Waals surface area contributed by atoms with Gasteiger partial charge in [-0.05, 0) is 11.1 Å². The van der Waals surface area contributed by atoms with Crippen LogP contribution in [0.1, 0.15) is 12.8 Å². The van der Waals surface area contributed by atoms with E-state index in [1.54, 1.807) is 49.1 Å². The summed E-state index contributed by atoms with van der Waals surface area (Å²) in [5.74, 6) is 0. The van der Waals surface area contributed by atoms with Gasteiger partial charge in [0.25, 0.3) is 0 Å². The van der Waals surface area contributed by atoms with E-state index in [9.17, 15) is 26.3 Å². The number of rotatable bonds is 5. The summed E-state index contributed by atoms with van der Waals surface area (Å²) < 4.78 is 75.9. The second kappa shape index (κ2) is 7.19. The number of nitrogens with zero attached hydrogens (tertiary/aromatic N) is 2. The van der Waals surface area contributed by atoms with Gasteiger partial charge < -0.3 is 0 Å². The second-order valence-corrected chi connectivity index (χ2v) is 5.38. The zero-order valence-electron chi connectivity index (χ0n) is 12.6. The van der Waals surface area contributed by atoms with Gasteiger partial charge in [-0.3, -0.25) is 0 Å². The lowest BCUT2D eigenvalue weighted by Crippen LogP contribution is -2.35. The molecule has 130 valence electrons. The normalized spacial score (nSPS) is 12.4. The molecule has 2 nitrogen and oxygen atoms in total. The highest BCUT2D eigenvalue weighted by Gasteiger charge is 2.29. The van der Waals surface area contributed by atoms with Crippen molar-refractivity contribution >= 4 is 0 Å². The molecule has 0 bridgehead atoms. The topological polar surface area (TPSA) is 7.76 Å². The Morgan fingerprint density at radius 3 is 1.12 bits per heavy atom. The molecule has 0 aliphatic rings. The van der Waals surface area contributed by atoms with Crippen molar-refractivity contribution in [3.8, 4) is 11.1 Å². The van der Waals surface area contributed by atoms with Crippen LogP contribution in [0.5, 0.6) is 0 Å². The second-order valence-electron chi connectivity index (χ2n) is 5.38. The molecule has 2 aromatic rings. The fourth-order valence-electron chi connectivity index (χ4n) is 2.11. The van der Waals surface area contributed by atoms with E-state index in [0.29, 0.717) is 0 Å². The van der Waals surface area contributed by atoms with Crippen LogP contribution in [0.15, 0.2) is 49.1 Å². The number of aromatic nitrogens is 2. The van der Waals surface area contributed by atoms with Gasteiger partial charge in [0.05, 0.1) is 0 Å². The van der Waals surface area contributed by atoms with Crippen LogP contribution in [0, 0.1) is 0 Å². The van der Waals surface area contributed by atoms with Crippen molar-refractivity contribution in [1.29, 1.82) is 0 Å². The first-order chi connectivity index (χ1) is 11.1. The summed E-state index contributed by atoms with van der Waals surface area (Å²) in [4.78, 5) is 0. The van der Waals surface area contributed by atoms with E-state index in [0.717, 1.165) is 11.1 Å². The summed E-state index contributed by atoms with van der Waals surface area (Å²) in [6, 6.07) is 6.69. The predicted molar refractivity (Wildman–Crippen MR) is 73.6 cm³/mol. The highest BCUT2D eigenvalue weighted by molar-refractivity contribution is 5.60. The molecule has 0 radical (unpaired) electrons. The summed E-state index contributed by atoms with van der Waals surface area (Å²) in [7, 11) is 0. The van der Waals surface area contributed by atoms with Crippen LogP contribution in [0.3, 0.4) is 0 Å². The summed E-state index contributed by atoms with van der Waals surface area (Å²) in [5.41, 5.74) is 1.56. The maximum Gasteiger partial charge on any atom is 0.395 e. The van der Waals surface area contributed by atoms with Crippen molar-refractivity contribution in [3.63, 3.8) is 0 Å². The monoisotopic (exact) mass is 350 g/mol. The fraction of sp³-hybridized carbons (Fsp3) is 0.375. The summed E-state index contributed by atoms with van der Waals surface area (Å²) in [6.07, 6.45) is -4.01. The van der Waals surface area contributed by atoms with Gasteiger partial charge in [-0.15, -0.1) is 0 Å². The Morgan fingerprint density at radius 2 is 0.875 bits per heavy atom. The van der Waals surface area contributed by atoms with E-state index in [1.165, 1.54) is 9.13 Å². The highest BCUT2D eigenvalue weighted by atomic mass is 19.4. The van der Waals surface area contributed by atoms with E-state index in [2.05, 4.69) is 0 Å². The molecule has 2 heterocycles. The molecular formula is C16H16F6N2+2. The van der Waals surface area contributed by atoms with Crippen molar-refractivity contribution < 1.29 is 35.5 Å². The van der Waals surface area contributed by atoms with Crippen molar-refractivity contribution in [1.82, 2.24) is 0 Å². The van der Waals surface area contributed by atoms with Crippen LogP contribution in [0.2, 0.25) is 0 Å². The average Bonchev–Trinajstić information content (AvgIpc) is 2.51. The lowest BCUT2D eigenvalue weighted by Gasteiger charge is -2.05. The zero-order chi connectivity index (χ0) is 17.8. The molecule has 8 heteroatoms. The molecule has 0 amide bonds. The minimum Gasteiger partial charge on any atom is -0.205 e. The van der Waals surface area contributed by atoms with E-state index < -0.39 is 25.2 Å². The molecule has 2 aromatic heterocycles. The first-order valence-electron chi connectivity index (χ1n) is 7.24. The van der Waals surface area contributed by atoms with Crippen molar-refractivity contribution in [2.75, 3.05) is 0 Å². The van der Waals surface area contributed by atoms with Gasteiger partial charge in [0, 0.05) is 24.3 Å². The summed E-state index contributed by atoms with van der Waals surface area (Å²) in [6.45, 7) is -0.313. The van der Waals surface area contributed by atoms with Crippen molar-refractivity contribution in [2.24, 2.45) is 0 Å². The van der Waals surface area contributed by atoms with E-state index in [4.69, 9.17) is 0 Å². The van der Waals surface area contributed by atoms with Gasteiger partial charge in [-0.2, -0.15) is 26.3 Å². The SMILES string of the molecule is FC(F)(F)CC[n+]1ccc(-c2cc[n+](CCC(F)(F)F)cc2)cc1. The lowest BCUT2D eigenvalue weighted by atomic mass is 10.1. The summed E-state index contributed by atoms with van der Waals surface area (Å²) >= 11 is 0. The van der Waals surface area contributed by atoms with Crippen LogP contribution < -0.4 is 9.13 Å². The third-order valence-electron chi connectivity index (χ3n) is 3.42. The van der Waals surface area contributed by atoms with Crippen LogP contribution >= 0.6 is 0 Å². The Labute approximate surface area is 135 Å². The van der Waals surface area contributed by atoms with Gasteiger partial charge in [0.15, 0.2) is 37.9 Å². The van der Waals surface area contributed by atoms with E-state index >= 15 is 0 Å². The minimum absolute atomic E-state index is 0.157. The number of alkyl halides is 6. The highest BCUT2D eigenvalue weighted by Crippen LogP contribution is 2.20.